The van der Waals surface area contributed by atoms with E-state index in [2.05, 4.69) is 34.9 Å². The van der Waals surface area contributed by atoms with Crippen molar-refractivity contribution in [2.24, 2.45) is 0 Å². The van der Waals surface area contributed by atoms with Gasteiger partial charge in [0, 0.05) is 44.3 Å². The van der Waals surface area contributed by atoms with Gasteiger partial charge in [-0.05, 0) is 50.6 Å². The van der Waals surface area contributed by atoms with Gasteiger partial charge in [-0.2, -0.15) is 0 Å². The zero-order valence-electron chi connectivity index (χ0n) is 15.9. The van der Waals surface area contributed by atoms with Crippen LogP contribution in [0.25, 0.3) is 5.65 Å². The third-order valence-corrected chi connectivity index (χ3v) is 5.45. The molecule has 1 amide bonds. The van der Waals surface area contributed by atoms with Gasteiger partial charge >= 0.3 is 0 Å². The van der Waals surface area contributed by atoms with Crippen LogP contribution in [0.15, 0.2) is 48.9 Å². The van der Waals surface area contributed by atoms with Crippen molar-refractivity contribution in [2.45, 2.75) is 32.4 Å². The van der Waals surface area contributed by atoms with Crippen LogP contribution in [0.4, 0.5) is 0 Å². The van der Waals surface area contributed by atoms with E-state index in [9.17, 15) is 4.79 Å². The first-order valence-corrected chi connectivity index (χ1v) is 9.50. The Morgan fingerprint density at radius 3 is 2.78 bits per heavy atom. The Morgan fingerprint density at radius 2 is 2.04 bits per heavy atom. The molecule has 6 nitrogen and oxygen atoms in total. The Labute approximate surface area is 159 Å². The summed E-state index contributed by atoms with van der Waals surface area (Å²) >= 11 is 0. The highest BCUT2D eigenvalue weighted by Crippen LogP contribution is 2.23. The highest BCUT2D eigenvalue weighted by atomic mass is 16.2. The first kappa shape index (κ1) is 17.7. The van der Waals surface area contributed by atoms with Crippen LogP contribution in [0, 0.1) is 0 Å². The van der Waals surface area contributed by atoms with E-state index in [-0.39, 0.29) is 11.9 Å². The monoisotopic (exact) mass is 363 g/mol. The van der Waals surface area contributed by atoms with E-state index in [1.54, 1.807) is 6.20 Å². The average molecular weight is 363 g/mol. The first-order chi connectivity index (χ1) is 13.1. The summed E-state index contributed by atoms with van der Waals surface area (Å²) in [5.74, 6) is 0.0497. The molecule has 0 saturated carbocycles. The molecular weight excluding hydrogens is 338 g/mol. The molecule has 1 aliphatic rings. The second-order valence-electron chi connectivity index (χ2n) is 7.21. The van der Waals surface area contributed by atoms with Gasteiger partial charge in [0.2, 0.25) is 0 Å². The van der Waals surface area contributed by atoms with Gasteiger partial charge in [0.1, 0.15) is 5.65 Å². The van der Waals surface area contributed by atoms with E-state index in [4.69, 9.17) is 0 Å². The molecule has 0 bridgehead atoms. The summed E-state index contributed by atoms with van der Waals surface area (Å²) in [6.45, 7) is 4.44. The van der Waals surface area contributed by atoms with Crippen molar-refractivity contribution in [3.8, 4) is 0 Å². The molecule has 1 unspecified atom stereocenters. The number of rotatable bonds is 5. The normalized spacial score (nSPS) is 15.6. The number of aromatic nitrogens is 3. The van der Waals surface area contributed by atoms with Crippen molar-refractivity contribution in [1.82, 2.24) is 24.2 Å². The van der Waals surface area contributed by atoms with E-state index in [0.717, 1.165) is 42.8 Å². The summed E-state index contributed by atoms with van der Waals surface area (Å²) in [6, 6.07) is 10.1. The maximum absolute atomic E-state index is 13.1. The van der Waals surface area contributed by atoms with Crippen LogP contribution in [0.5, 0.6) is 0 Å². The summed E-state index contributed by atoms with van der Waals surface area (Å²) in [7, 11) is 2.07. The van der Waals surface area contributed by atoms with Crippen molar-refractivity contribution in [3.05, 3.63) is 65.9 Å². The number of nitrogens with zero attached hydrogens (tertiary/aromatic N) is 5. The molecule has 4 rings (SSSR count). The van der Waals surface area contributed by atoms with Gasteiger partial charge in [-0.3, -0.25) is 14.7 Å². The number of likely N-dealkylation sites (tertiary alicyclic amines) is 1. The number of pyridine rings is 2. The highest BCUT2D eigenvalue weighted by molar-refractivity contribution is 5.94. The summed E-state index contributed by atoms with van der Waals surface area (Å²) in [5, 5.41) is 0. The topological polar surface area (TPSA) is 53.7 Å². The molecule has 4 heterocycles. The third kappa shape index (κ3) is 3.45. The molecule has 1 atom stereocenters. The van der Waals surface area contributed by atoms with Gasteiger partial charge in [-0.1, -0.05) is 12.1 Å². The lowest BCUT2D eigenvalue weighted by molar-refractivity contribution is 0.0785. The Morgan fingerprint density at radius 1 is 1.22 bits per heavy atom. The molecule has 0 radical (unpaired) electrons. The summed E-state index contributed by atoms with van der Waals surface area (Å²) < 4.78 is 2.04. The van der Waals surface area contributed by atoms with Crippen LogP contribution < -0.4 is 0 Å². The number of fused-ring (bicyclic) bond motifs is 1. The molecule has 140 valence electrons. The second-order valence-corrected chi connectivity index (χ2v) is 7.21. The van der Waals surface area contributed by atoms with Crippen LogP contribution in [0.2, 0.25) is 0 Å². The van der Waals surface area contributed by atoms with Crippen LogP contribution >= 0.6 is 0 Å². The van der Waals surface area contributed by atoms with Gasteiger partial charge in [-0.15, -0.1) is 0 Å². The number of carbonyl (C=O) groups is 1. The van der Waals surface area contributed by atoms with Gasteiger partial charge in [-0.25, -0.2) is 4.98 Å². The van der Waals surface area contributed by atoms with E-state index >= 15 is 0 Å². The van der Waals surface area contributed by atoms with Gasteiger partial charge < -0.3 is 9.30 Å². The molecule has 27 heavy (non-hydrogen) atoms. The Kier molecular flexibility index (Phi) is 4.90. The van der Waals surface area contributed by atoms with Crippen LogP contribution in [-0.2, 0) is 6.54 Å². The molecule has 1 aliphatic heterocycles. The molecule has 1 fully saturated rings. The largest absolute Gasteiger partial charge is 0.337 e. The maximum atomic E-state index is 13.1. The smallest absolute Gasteiger partial charge is 0.274 e. The molecular formula is C21H25N5O. The van der Waals surface area contributed by atoms with Crippen molar-refractivity contribution in [2.75, 3.05) is 20.1 Å². The first-order valence-electron chi connectivity index (χ1n) is 9.50. The minimum Gasteiger partial charge on any atom is -0.337 e. The predicted molar refractivity (Wildman–Crippen MR) is 104 cm³/mol. The van der Waals surface area contributed by atoms with E-state index in [1.165, 1.54) is 0 Å². The Hall–Kier alpha value is -2.73. The molecule has 0 aromatic carbocycles. The highest BCUT2D eigenvalue weighted by Gasteiger charge is 2.27. The van der Waals surface area contributed by atoms with Crippen molar-refractivity contribution >= 4 is 11.6 Å². The number of amides is 1. The lowest BCUT2D eigenvalue weighted by Gasteiger charge is -2.25. The van der Waals surface area contributed by atoms with Gasteiger partial charge in [0.25, 0.3) is 5.91 Å². The summed E-state index contributed by atoms with van der Waals surface area (Å²) in [5.41, 5.74) is 3.49. The molecule has 3 aromatic heterocycles. The standard InChI is InChI=1S/C21H25N5O/c1-16(17-8-7-10-22-14-17)24(2)15-18-20(21(27)25-11-5-6-12-25)23-19-9-3-4-13-26(18)19/h3-4,7-10,13-14,16H,5-6,11-12,15H2,1-2H3. The third-order valence-electron chi connectivity index (χ3n) is 5.45. The van der Waals surface area contributed by atoms with Gasteiger partial charge in [0.15, 0.2) is 5.69 Å². The molecule has 6 heteroatoms. The van der Waals surface area contributed by atoms with Crippen LogP contribution in [0.3, 0.4) is 0 Å². The maximum Gasteiger partial charge on any atom is 0.274 e. The quantitative estimate of drug-likeness (QED) is 0.699. The molecule has 0 aliphatic carbocycles. The zero-order chi connectivity index (χ0) is 18.8. The zero-order valence-corrected chi connectivity index (χ0v) is 15.9. The van der Waals surface area contributed by atoms with E-state index in [0.29, 0.717) is 12.2 Å². The van der Waals surface area contributed by atoms with E-state index < -0.39 is 0 Å². The molecule has 0 N–H and O–H groups in total. The van der Waals surface area contributed by atoms with Crippen molar-refractivity contribution in [3.63, 3.8) is 0 Å². The fourth-order valence-electron chi connectivity index (χ4n) is 3.69. The number of imidazole rings is 1. The Bertz CT molecular complexity index is 930. The fourth-order valence-corrected chi connectivity index (χ4v) is 3.69. The average Bonchev–Trinajstić information content (AvgIpc) is 3.36. The van der Waals surface area contributed by atoms with Crippen molar-refractivity contribution < 1.29 is 4.79 Å². The Balaban J connectivity index is 1.67. The van der Waals surface area contributed by atoms with Crippen LogP contribution in [-0.4, -0.2) is 50.2 Å². The number of carbonyl (C=O) groups excluding carboxylic acids is 1. The minimum absolute atomic E-state index is 0.0497. The summed E-state index contributed by atoms with van der Waals surface area (Å²) in [6.07, 6.45) is 7.82. The molecule has 3 aromatic rings. The predicted octanol–water partition coefficient (Wildman–Crippen LogP) is 3.16. The summed E-state index contributed by atoms with van der Waals surface area (Å²) in [4.78, 5) is 26.1. The van der Waals surface area contributed by atoms with Crippen LogP contribution in [0.1, 0.15) is 47.6 Å². The SMILES string of the molecule is CC(c1cccnc1)N(C)Cc1c(C(=O)N2CCCC2)nc2ccccn12. The van der Waals surface area contributed by atoms with Crippen molar-refractivity contribution in [1.29, 1.82) is 0 Å². The number of hydrogen-bond donors (Lipinski definition) is 0. The second kappa shape index (κ2) is 7.48. The fraction of sp³-hybridized carbons (Fsp3) is 0.381. The lowest BCUT2D eigenvalue weighted by atomic mass is 10.1. The van der Waals surface area contributed by atoms with Gasteiger partial charge in [0.05, 0.1) is 5.69 Å². The van der Waals surface area contributed by atoms with E-state index in [1.807, 2.05) is 46.0 Å². The molecule has 0 spiro atoms. The number of hydrogen-bond acceptors (Lipinski definition) is 4. The minimum atomic E-state index is 0.0497. The molecule has 1 saturated heterocycles. The lowest BCUT2D eigenvalue weighted by Crippen LogP contribution is -2.30.